The van der Waals surface area contributed by atoms with Gasteiger partial charge in [0, 0.05) is 38.2 Å². The second-order valence-corrected chi connectivity index (χ2v) is 15.2. The summed E-state index contributed by atoms with van der Waals surface area (Å²) in [5.41, 5.74) is 12.7. The number of hydrogen-bond acceptors (Lipinski definition) is 5. The lowest BCUT2D eigenvalue weighted by atomic mass is 9.95. The second kappa shape index (κ2) is 13.8. The number of rotatable bonds is 6. The first-order valence-corrected chi connectivity index (χ1v) is 20.1. The SMILES string of the molecule is c1ccc(-c2ccc(-c3ccc(-c4cccc5oc6cccc(-c7nc(-c8ccc9ccccc9c8)nc(-c8ccc9c(c8)oc8ccccc89)n7)c6c45)cc3)cc2)cc1. The molecule has 3 aromatic heterocycles. The molecule has 9 aromatic carbocycles. The Morgan fingerprint density at radius 2 is 0.750 bits per heavy atom. The minimum absolute atomic E-state index is 0.558. The summed E-state index contributed by atoms with van der Waals surface area (Å²) in [5.74, 6) is 1.70. The molecule has 12 rings (SSSR count). The first kappa shape index (κ1) is 33.9. The van der Waals surface area contributed by atoms with Crippen LogP contribution in [0.25, 0.3) is 122 Å². The third-order valence-electron chi connectivity index (χ3n) is 11.6. The first-order valence-electron chi connectivity index (χ1n) is 20.1. The Hall–Kier alpha value is -8.15. The first-order chi connectivity index (χ1) is 29.7. The van der Waals surface area contributed by atoms with Crippen molar-refractivity contribution in [2.75, 3.05) is 0 Å². The summed E-state index contributed by atoms with van der Waals surface area (Å²) in [6, 6.07) is 69.4. The zero-order chi connectivity index (χ0) is 39.6. The third kappa shape index (κ3) is 5.75. The van der Waals surface area contributed by atoms with Gasteiger partial charge in [0.25, 0.3) is 0 Å². The maximum atomic E-state index is 6.59. The van der Waals surface area contributed by atoms with Crippen molar-refractivity contribution in [3.05, 3.63) is 200 Å². The van der Waals surface area contributed by atoms with Crippen LogP contribution in [0.2, 0.25) is 0 Å². The highest BCUT2D eigenvalue weighted by Gasteiger charge is 2.21. The van der Waals surface area contributed by atoms with Crippen molar-refractivity contribution in [3.63, 3.8) is 0 Å². The summed E-state index contributed by atoms with van der Waals surface area (Å²) in [4.78, 5) is 15.6. The molecule has 0 atom stereocenters. The molecule has 280 valence electrons. The largest absolute Gasteiger partial charge is 0.456 e. The van der Waals surface area contributed by atoms with Gasteiger partial charge in [-0.05, 0) is 80.6 Å². The molecule has 60 heavy (non-hydrogen) atoms. The second-order valence-electron chi connectivity index (χ2n) is 15.2. The van der Waals surface area contributed by atoms with Crippen LogP contribution in [0.5, 0.6) is 0 Å². The van der Waals surface area contributed by atoms with Crippen LogP contribution in [0, 0.1) is 0 Å². The summed E-state index contributed by atoms with van der Waals surface area (Å²) in [6.07, 6.45) is 0. The van der Waals surface area contributed by atoms with Crippen LogP contribution >= 0.6 is 0 Å². The zero-order valence-electron chi connectivity index (χ0n) is 32.2. The zero-order valence-corrected chi connectivity index (χ0v) is 32.2. The minimum Gasteiger partial charge on any atom is -0.456 e. The van der Waals surface area contributed by atoms with E-state index in [9.17, 15) is 0 Å². The molecule has 0 saturated heterocycles. The van der Waals surface area contributed by atoms with Crippen LogP contribution in [-0.2, 0) is 0 Å². The predicted molar refractivity (Wildman–Crippen MR) is 245 cm³/mol. The molecular weight excluding hydrogens is 735 g/mol. The van der Waals surface area contributed by atoms with E-state index >= 15 is 0 Å². The quantitative estimate of drug-likeness (QED) is 0.169. The lowest BCUT2D eigenvalue weighted by Crippen LogP contribution is -2.00. The van der Waals surface area contributed by atoms with Gasteiger partial charge in [0.05, 0.1) is 0 Å². The fourth-order valence-electron chi connectivity index (χ4n) is 8.57. The Bertz CT molecular complexity index is 3590. The Morgan fingerprint density at radius 1 is 0.267 bits per heavy atom. The van der Waals surface area contributed by atoms with Gasteiger partial charge in [0.1, 0.15) is 22.3 Å². The van der Waals surface area contributed by atoms with Crippen LogP contribution in [0.15, 0.2) is 209 Å². The monoisotopic (exact) mass is 767 g/mol. The molecule has 5 nitrogen and oxygen atoms in total. The van der Waals surface area contributed by atoms with Gasteiger partial charge < -0.3 is 8.83 Å². The lowest BCUT2D eigenvalue weighted by Gasteiger charge is -2.11. The van der Waals surface area contributed by atoms with Gasteiger partial charge in [-0.1, -0.05) is 164 Å². The standard InChI is InChI=1S/C55H33N3O2/c1-2-10-34(11-3-1)36-20-22-37(23-21-36)38-24-27-39(28-25-38)43-15-8-18-48-51(43)52-46(16-9-19-49(52)60-48)55-57-53(41-29-26-35-12-4-5-13-40(35)32-41)56-54(58-55)42-30-31-45-44-14-6-7-17-47(44)59-50(45)33-42/h1-33H. The van der Waals surface area contributed by atoms with Gasteiger partial charge in [0.15, 0.2) is 17.5 Å². The molecule has 0 aliphatic rings. The summed E-state index contributed by atoms with van der Waals surface area (Å²) < 4.78 is 12.9. The number of hydrogen-bond donors (Lipinski definition) is 0. The van der Waals surface area contributed by atoms with E-state index in [2.05, 4.69) is 152 Å². The van der Waals surface area contributed by atoms with Crippen LogP contribution in [0.1, 0.15) is 0 Å². The fraction of sp³-hybridized carbons (Fsp3) is 0. The van der Waals surface area contributed by atoms with Gasteiger partial charge >= 0.3 is 0 Å². The van der Waals surface area contributed by atoms with E-state index in [1.54, 1.807) is 0 Å². The Balaban J connectivity index is 1.00. The van der Waals surface area contributed by atoms with E-state index in [1.807, 2.05) is 48.5 Å². The van der Waals surface area contributed by atoms with E-state index in [1.165, 1.54) is 16.7 Å². The van der Waals surface area contributed by atoms with E-state index in [0.717, 1.165) is 88.0 Å². The summed E-state index contributed by atoms with van der Waals surface area (Å²) in [7, 11) is 0. The Labute approximate surface area is 344 Å². The summed E-state index contributed by atoms with van der Waals surface area (Å²) >= 11 is 0. The molecule has 0 amide bonds. The van der Waals surface area contributed by atoms with Gasteiger partial charge in [-0.2, -0.15) is 0 Å². The van der Waals surface area contributed by atoms with Gasteiger partial charge in [-0.15, -0.1) is 0 Å². The summed E-state index contributed by atoms with van der Waals surface area (Å²) in [6.45, 7) is 0. The van der Waals surface area contributed by atoms with E-state index in [0.29, 0.717) is 17.5 Å². The Kier molecular flexibility index (Phi) is 7.78. The molecule has 0 saturated carbocycles. The highest BCUT2D eigenvalue weighted by Crippen LogP contribution is 2.42. The van der Waals surface area contributed by atoms with Crippen molar-refractivity contribution in [3.8, 4) is 67.5 Å². The highest BCUT2D eigenvalue weighted by atomic mass is 16.3. The van der Waals surface area contributed by atoms with E-state index in [-0.39, 0.29) is 0 Å². The predicted octanol–water partition coefficient (Wildman–Crippen LogP) is 14.8. The highest BCUT2D eigenvalue weighted by molar-refractivity contribution is 6.17. The molecule has 0 fully saturated rings. The molecule has 0 aliphatic carbocycles. The van der Waals surface area contributed by atoms with Crippen molar-refractivity contribution >= 4 is 54.6 Å². The molecule has 0 bridgehead atoms. The van der Waals surface area contributed by atoms with Crippen LogP contribution < -0.4 is 0 Å². The number of nitrogens with zero attached hydrogens (tertiary/aromatic N) is 3. The van der Waals surface area contributed by atoms with Crippen molar-refractivity contribution < 1.29 is 8.83 Å². The molecule has 3 heterocycles. The van der Waals surface area contributed by atoms with Crippen LogP contribution in [-0.4, -0.2) is 15.0 Å². The fourth-order valence-corrected chi connectivity index (χ4v) is 8.57. The van der Waals surface area contributed by atoms with Crippen molar-refractivity contribution in [1.82, 2.24) is 15.0 Å². The topological polar surface area (TPSA) is 65.0 Å². The molecule has 5 heteroatoms. The van der Waals surface area contributed by atoms with Crippen molar-refractivity contribution in [2.45, 2.75) is 0 Å². The van der Waals surface area contributed by atoms with Gasteiger partial charge in [-0.25, -0.2) is 15.0 Å². The van der Waals surface area contributed by atoms with E-state index < -0.39 is 0 Å². The molecule has 0 N–H and O–H groups in total. The maximum Gasteiger partial charge on any atom is 0.164 e. The van der Waals surface area contributed by atoms with E-state index in [4.69, 9.17) is 23.8 Å². The van der Waals surface area contributed by atoms with Crippen LogP contribution in [0.3, 0.4) is 0 Å². The maximum absolute atomic E-state index is 6.59. The number of fused-ring (bicyclic) bond motifs is 7. The number of para-hydroxylation sites is 1. The lowest BCUT2D eigenvalue weighted by molar-refractivity contribution is 0.668. The molecule has 0 aliphatic heterocycles. The number of benzene rings is 9. The molecule has 0 radical (unpaired) electrons. The summed E-state index contributed by atoms with van der Waals surface area (Å²) in [5, 5.41) is 6.37. The normalized spacial score (nSPS) is 11.7. The smallest absolute Gasteiger partial charge is 0.164 e. The molecular formula is C55H33N3O2. The number of aromatic nitrogens is 3. The third-order valence-corrected chi connectivity index (χ3v) is 11.6. The van der Waals surface area contributed by atoms with Crippen molar-refractivity contribution in [2.24, 2.45) is 0 Å². The Morgan fingerprint density at radius 3 is 1.48 bits per heavy atom. The molecule has 12 aromatic rings. The molecule has 0 spiro atoms. The van der Waals surface area contributed by atoms with Crippen LogP contribution in [0.4, 0.5) is 0 Å². The average molecular weight is 768 g/mol. The van der Waals surface area contributed by atoms with Crippen molar-refractivity contribution in [1.29, 1.82) is 0 Å². The van der Waals surface area contributed by atoms with Gasteiger partial charge in [-0.3, -0.25) is 0 Å². The van der Waals surface area contributed by atoms with Gasteiger partial charge in [0.2, 0.25) is 0 Å². The molecule has 0 unspecified atom stereocenters. The number of furan rings is 2. The minimum atomic E-state index is 0.558. The average Bonchev–Trinajstić information content (AvgIpc) is 3.90.